The smallest absolute Gasteiger partial charge is 0.220 e. The number of hydrogen-bond donors (Lipinski definition) is 6. The number of aliphatic hydroxyl groups excluding tert-OH is 5. The third-order valence-electron chi connectivity index (χ3n) is 18.0. The second-order valence-corrected chi connectivity index (χ2v) is 26.4. The van der Waals surface area contributed by atoms with Crippen molar-refractivity contribution in [3.8, 4) is 0 Å². The molecular formula is C80H145NO8. The van der Waals surface area contributed by atoms with Crippen LogP contribution in [0.15, 0.2) is 85.1 Å². The van der Waals surface area contributed by atoms with Crippen LogP contribution in [0.5, 0.6) is 0 Å². The molecule has 1 heterocycles. The SMILES string of the molecule is CC/C=C\C/C=C\C/C=C\C/C=C\C/C=C\C/C=C\CCCCCCCCCCCCCCCCCCC(=O)NC(COC1OC(CO)C(O)C(O)C1O)C(O)/C=C/CCCCCCCCCCCCCCCCCCCCCCCCCCCCCCC. The zero-order valence-electron chi connectivity index (χ0n) is 58.2. The van der Waals surface area contributed by atoms with Crippen molar-refractivity contribution >= 4 is 5.91 Å². The van der Waals surface area contributed by atoms with Crippen LogP contribution in [0.3, 0.4) is 0 Å². The van der Waals surface area contributed by atoms with Gasteiger partial charge in [0.05, 0.1) is 25.4 Å². The molecule has 0 bridgehead atoms. The summed E-state index contributed by atoms with van der Waals surface area (Å²) >= 11 is 0. The van der Waals surface area contributed by atoms with Crippen molar-refractivity contribution in [2.75, 3.05) is 13.2 Å². The maximum atomic E-state index is 13.2. The number of carbonyl (C=O) groups is 1. The van der Waals surface area contributed by atoms with Gasteiger partial charge in [-0.05, 0) is 70.6 Å². The molecule has 1 rings (SSSR count). The number of nitrogens with one attached hydrogen (secondary N) is 1. The van der Waals surface area contributed by atoms with E-state index in [0.29, 0.717) is 6.42 Å². The molecule has 7 unspecified atom stereocenters. The van der Waals surface area contributed by atoms with E-state index in [1.54, 1.807) is 6.08 Å². The van der Waals surface area contributed by atoms with Crippen molar-refractivity contribution in [3.05, 3.63) is 85.1 Å². The van der Waals surface area contributed by atoms with E-state index in [4.69, 9.17) is 9.47 Å². The van der Waals surface area contributed by atoms with Crippen LogP contribution in [0, 0.1) is 0 Å². The van der Waals surface area contributed by atoms with E-state index >= 15 is 0 Å². The lowest BCUT2D eigenvalue weighted by molar-refractivity contribution is -0.302. The molecule has 0 saturated carbocycles. The molecule has 518 valence electrons. The molecular weight excluding hydrogens is 1100 g/mol. The third kappa shape index (κ3) is 56.6. The summed E-state index contributed by atoms with van der Waals surface area (Å²) in [6.45, 7) is 3.71. The minimum absolute atomic E-state index is 0.174. The maximum absolute atomic E-state index is 13.2. The number of rotatable bonds is 67. The average Bonchev–Trinajstić information content (AvgIpc) is 2.28. The lowest BCUT2D eigenvalue weighted by Crippen LogP contribution is -2.60. The summed E-state index contributed by atoms with van der Waals surface area (Å²) in [5, 5.41) is 54.9. The standard InChI is InChI=1S/C80H145NO8/c1-3-5-7-9-11-13-15-17-19-21-23-25-27-29-31-33-35-36-37-38-40-42-44-46-48-50-52-54-56-58-60-62-64-66-68-70-76(84)81-73(72-88-80-79(87)78(86)77(85)75(71-82)89-80)74(83)69-67-65-63-61-59-57-55-53-51-49-47-45-43-41-39-34-32-30-28-26-24-22-20-18-16-14-12-10-8-6-4-2/h5,7,11,13,17,19,23,25,29,31,35-36,67,69,73-75,77-80,82-83,85-87H,3-4,6,8-10,12,14-16,18,20-22,24,26-28,30,32-34,37-66,68,70-72H2,1-2H3,(H,81,84)/b7-5-,13-11-,19-17-,25-23-,31-29-,36-35-,69-67+. The number of allylic oxidation sites excluding steroid dienone is 13. The Labute approximate surface area is 550 Å². The van der Waals surface area contributed by atoms with Gasteiger partial charge in [0.2, 0.25) is 5.91 Å². The van der Waals surface area contributed by atoms with Crippen molar-refractivity contribution in [3.63, 3.8) is 0 Å². The number of unbranched alkanes of at least 4 members (excludes halogenated alkanes) is 45. The van der Waals surface area contributed by atoms with Gasteiger partial charge in [-0.2, -0.15) is 0 Å². The van der Waals surface area contributed by atoms with E-state index in [-0.39, 0.29) is 12.5 Å². The Bertz CT molecular complexity index is 1690. The Hall–Kier alpha value is -2.63. The van der Waals surface area contributed by atoms with Crippen LogP contribution < -0.4 is 5.32 Å². The average molecular weight is 1250 g/mol. The van der Waals surface area contributed by atoms with Crippen molar-refractivity contribution < 1.29 is 39.8 Å². The topological polar surface area (TPSA) is 149 Å². The Kier molecular flexibility index (Phi) is 64.7. The van der Waals surface area contributed by atoms with Crippen molar-refractivity contribution in [2.45, 2.75) is 403 Å². The van der Waals surface area contributed by atoms with Crippen LogP contribution in [-0.2, 0) is 14.3 Å². The van der Waals surface area contributed by atoms with Gasteiger partial charge in [-0.3, -0.25) is 4.79 Å². The first kappa shape index (κ1) is 84.4. The molecule has 9 nitrogen and oxygen atoms in total. The Morgan fingerprint density at radius 1 is 0.393 bits per heavy atom. The monoisotopic (exact) mass is 1250 g/mol. The van der Waals surface area contributed by atoms with Crippen LogP contribution in [0.2, 0.25) is 0 Å². The second-order valence-electron chi connectivity index (χ2n) is 26.4. The van der Waals surface area contributed by atoms with E-state index < -0.39 is 49.5 Å². The molecule has 0 aromatic heterocycles. The van der Waals surface area contributed by atoms with Gasteiger partial charge in [-0.25, -0.2) is 0 Å². The minimum atomic E-state index is -1.57. The molecule has 0 spiro atoms. The molecule has 0 radical (unpaired) electrons. The molecule has 0 aromatic rings. The highest BCUT2D eigenvalue weighted by molar-refractivity contribution is 5.76. The lowest BCUT2D eigenvalue weighted by atomic mass is 9.99. The minimum Gasteiger partial charge on any atom is -0.394 e. The maximum Gasteiger partial charge on any atom is 0.220 e. The molecule has 1 aliphatic rings. The third-order valence-corrected chi connectivity index (χ3v) is 18.0. The molecule has 0 aliphatic carbocycles. The van der Waals surface area contributed by atoms with Crippen molar-refractivity contribution in [1.82, 2.24) is 5.32 Å². The summed E-state index contributed by atoms with van der Waals surface area (Å²) in [4.78, 5) is 13.2. The quantitative estimate of drug-likeness (QED) is 0.0261. The highest BCUT2D eigenvalue weighted by Crippen LogP contribution is 2.24. The molecule has 0 aromatic carbocycles. The van der Waals surface area contributed by atoms with Crippen molar-refractivity contribution in [2.24, 2.45) is 0 Å². The van der Waals surface area contributed by atoms with E-state index in [1.165, 1.54) is 263 Å². The van der Waals surface area contributed by atoms with Crippen LogP contribution in [0.4, 0.5) is 0 Å². The summed E-state index contributed by atoms with van der Waals surface area (Å²) in [7, 11) is 0. The van der Waals surface area contributed by atoms with Crippen LogP contribution in [0.1, 0.15) is 361 Å². The van der Waals surface area contributed by atoms with E-state index in [9.17, 15) is 30.3 Å². The largest absolute Gasteiger partial charge is 0.394 e. The lowest BCUT2D eigenvalue weighted by Gasteiger charge is -2.40. The summed E-state index contributed by atoms with van der Waals surface area (Å²) in [6.07, 6.45) is 91.4. The highest BCUT2D eigenvalue weighted by atomic mass is 16.7. The van der Waals surface area contributed by atoms with Crippen molar-refractivity contribution in [1.29, 1.82) is 0 Å². The van der Waals surface area contributed by atoms with E-state index in [1.807, 2.05) is 6.08 Å². The van der Waals surface area contributed by atoms with Gasteiger partial charge in [0.15, 0.2) is 6.29 Å². The van der Waals surface area contributed by atoms with Crippen LogP contribution >= 0.6 is 0 Å². The van der Waals surface area contributed by atoms with E-state index in [2.05, 4.69) is 92.1 Å². The molecule has 1 fully saturated rings. The fourth-order valence-electron chi connectivity index (χ4n) is 12.0. The molecule has 1 aliphatic heterocycles. The fourth-order valence-corrected chi connectivity index (χ4v) is 12.0. The first-order valence-electron chi connectivity index (χ1n) is 38.3. The van der Waals surface area contributed by atoms with Gasteiger partial charge in [-0.15, -0.1) is 0 Å². The van der Waals surface area contributed by atoms with Gasteiger partial charge >= 0.3 is 0 Å². The second kappa shape index (κ2) is 68.2. The van der Waals surface area contributed by atoms with Gasteiger partial charge in [0.1, 0.15) is 24.4 Å². The number of carbonyl (C=O) groups excluding carboxylic acids is 1. The van der Waals surface area contributed by atoms with Crippen LogP contribution in [-0.4, -0.2) is 87.5 Å². The Morgan fingerprint density at radius 2 is 0.697 bits per heavy atom. The van der Waals surface area contributed by atoms with Crippen LogP contribution in [0.25, 0.3) is 0 Å². The molecule has 7 atom stereocenters. The molecule has 9 heteroatoms. The summed E-state index contributed by atoms with van der Waals surface area (Å²) in [5.74, 6) is -0.174. The zero-order valence-corrected chi connectivity index (χ0v) is 58.2. The fraction of sp³-hybridized carbons (Fsp3) is 0.812. The molecule has 6 N–H and O–H groups in total. The molecule has 1 amide bonds. The first-order chi connectivity index (χ1) is 43.8. The number of ether oxygens (including phenoxy) is 2. The predicted octanol–water partition coefficient (Wildman–Crippen LogP) is 21.6. The highest BCUT2D eigenvalue weighted by Gasteiger charge is 2.44. The molecule has 89 heavy (non-hydrogen) atoms. The van der Waals surface area contributed by atoms with Gasteiger partial charge in [0.25, 0.3) is 0 Å². The van der Waals surface area contributed by atoms with Gasteiger partial charge < -0.3 is 40.3 Å². The summed E-state index contributed by atoms with van der Waals surface area (Å²) in [6, 6.07) is -0.810. The number of aliphatic hydroxyl groups is 5. The van der Waals surface area contributed by atoms with Gasteiger partial charge in [0, 0.05) is 6.42 Å². The Morgan fingerprint density at radius 3 is 1.03 bits per heavy atom. The zero-order chi connectivity index (χ0) is 64.2. The Balaban J connectivity index is 2.10. The normalized spacial score (nSPS) is 18.3. The van der Waals surface area contributed by atoms with E-state index in [0.717, 1.165) is 77.0 Å². The molecule has 1 saturated heterocycles. The number of amides is 1. The first-order valence-corrected chi connectivity index (χ1v) is 38.3. The summed E-state index contributed by atoms with van der Waals surface area (Å²) < 4.78 is 11.3. The number of hydrogen-bond acceptors (Lipinski definition) is 8. The van der Waals surface area contributed by atoms with Gasteiger partial charge in [-0.1, -0.05) is 369 Å². The predicted molar refractivity (Wildman–Crippen MR) is 382 cm³/mol. The summed E-state index contributed by atoms with van der Waals surface area (Å²) in [5.41, 5.74) is 0.